The van der Waals surface area contributed by atoms with E-state index in [4.69, 9.17) is 13.3 Å². The van der Waals surface area contributed by atoms with Crippen LogP contribution in [0.5, 0.6) is 0 Å². The van der Waals surface area contributed by atoms with Crippen LogP contribution in [-0.4, -0.2) is 46.8 Å². The first-order valence-electron chi connectivity index (χ1n) is 7.93. The maximum Gasteiger partial charge on any atom is 0.500 e. The number of urea groups is 1. The summed E-state index contributed by atoms with van der Waals surface area (Å²) in [6, 6.07) is -0.885. The van der Waals surface area contributed by atoms with Crippen LogP contribution >= 0.6 is 0 Å². The SMILES string of the molecule is CO[Si](CCCN(F)C(=O)N(F)c1ccc(F)c(F)c1F)(OC)OC(C)C. The van der Waals surface area contributed by atoms with Crippen LogP contribution in [0.1, 0.15) is 20.3 Å². The molecule has 0 unspecified atom stereocenters. The van der Waals surface area contributed by atoms with E-state index in [0.717, 1.165) is 0 Å². The Morgan fingerprint density at radius 2 is 1.70 bits per heavy atom. The lowest BCUT2D eigenvalue weighted by atomic mass is 10.3. The number of benzene rings is 1. The number of anilines is 1. The van der Waals surface area contributed by atoms with Crippen LogP contribution in [0.25, 0.3) is 0 Å². The summed E-state index contributed by atoms with van der Waals surface area (Å²) in [5.41, 5.74) is -1.25. The second-order valence-electron chi connectivity index (χ2n) is 5.71. The van der Waals surface area contributed by atoms with E-state index in [1.807, 2.05) is 0 Å². The molecule has 0 atom stereocenters. The molecule has 0 spiro atoms. The van der Waals surface area contributed by atoms with Crippen molar-refractivity contribution in [2.45, 2.75) is 32.4 Å². The van der Waals surface area contributed by atoms with E-state index >= 15 is 0 Å². The number of amides is 2. The highest BCUT2D eigenvalue weighted by molar-refractivity contribution is 6.60. The van der Waals surface area contributed by atoms with Crippen molar-refractivity contribution in [1.82, 2.24) is 5.12 Å². The fourth-order valence-electron chi connectivity index (χ4n) is 2.20. The van der Waals surface area contributed by atoms with Gasteiger partial charge in [-0.15, -0.1) is 5.12 Å². The Labute approximate surface area is 154 Å². The first kappa shape index (κ1) is 23.3. The lowest BCUT2D eigenvalue weighted by molar-refractivity contribution is 0.0532. The van der Waals surface area contributed by atoms with Gasteiger partial charge >= 0.3 is 14.8 Å². The molecular weight excluding hydrogens is 395 g/mol. The van der Waals surface area contributed by atoms with Gasteiger partial charge in [0.15, 0.2) is 17.5 Å². The molecule has 154 valence electrons. The minimum atomic E-state index is -3.09. The Balaban J connectivity index is 2.73. The predicted molar refractivity (Wildman–Crippen MR) is 88.5 cm³/mol. The van der Waals surface area contributed by atoms with Gasteiger partial charge in [0.2, 0.25) is 0 Å². The molecule has 0 aliphatic heterocycles. The number of rotatable bonds is 9. The molecule has 0 N–H and O–H groups in total. The first-order chi connectivity index (χ1) is 12.6. The molecule has 2 amide bonds. The highest BCUT2D eigenvalue weighted by Gasteiger charge is 2.40. The number of carbonyl (C=O) groups is 1. The third kappa shape index (κ3) is 5.86. The molecule has 27 heavy (non-hydrogen) atoms. The lowest BCUT2D eigenvalue weighted by Crippen LogP contribution is -2.46. The van der Waals surface area contributed by atoms with Gasteiger partial charge in [-0.3, -0.25) is 0 Å². The van der Waals surface area contributed by atoms with Crippen LogP contribution in [-0.2, 0) is 13.3 Å². The second kappa shape index (κ2) is 9.97. The van der Waals surface area contributed by atoms with Gasteiger partial charge in [-0.2, -0.15) is 5.12 Å². The third-order valence-corrected chi connectivity index (χ3v) is 6.52. The predicted octanol–water partition coefficient (Wildman–Crippen LogP) is 4.15. The summed E-state index contributed by atoms with van der Waals surface area (Å²) < 4.78 is 83.4. The highest BCUT2D eigenvalue weighted by atomic mass is 28.4. The van der Waals surface area contributed by atoms with Gasteiger partial charge in [0.05, 0.1) is 6.54 Å². The third-order valence-electron chi connectivity index (χ3n) is 3.48. The number of nitrogens with zero attached hydrogens (tertiary/aromatic N) is 2. The molecule has 0 aliphatic rings. The molecule has 0 saturated carbocycles. The minimum Gasteiger partial charge on any atom is -0.377 e. The van der Waals surface area contributed by atoms with Gasteiger partial charge in [-0.05, 0) is 32.4 Å². The van der Waals surface area contributed by atoms with E-state index in [-0.39, 0.29) is 18.6 Å². The molecule has 0 saturated heterocycles. The number of carbonyl (C=O) groups excluding carboxylic acids is 1. The monoisotopic (exact) mass is 416 g/mol. The van der Waals surface area contributed by atoms with Gasteiger partial charge in [0.1, 0.15) is 5.69 Å². The molecule has 1 rings (SSSR count). The van der Waals surface area contributed by atoms with Crippen molar-refractivity contribution in [2.75, 3.05) is 25.9 Å². The molecule has 0 radical (unpaired) electrons. The Hall–Kier alpha value is -1.76. The fraction of sp³-hybridized carbons (Fsp3) is 0.533. The Kier molecular flexibility index (Phi) is 8.59. The molecule has 1 aromatic rings. The van der Waals surface area contributed by atoms with Crippen molar-refractivity contribution in [3.8, 4) is 0 Å². The van der Waals surface area contributed by atoms with Crippen molar-refractivity contribution in [3.63, 3.8) is 0 Å². The summed E-state index contributed by atoms with van der Waals surface area (Å²) in [4.78, 5) is 11.7. The Morgan fingerprint density at radius 1 is 1.11 bits per heavy atom. The highest BCUT2D eigenvalue weighted by Crippen LogP contribution is 2.25. The van der Waals surface area contributed by atoms with Crippen molar-refractivity contribution >= 4 is 20.5 Å². The Morgan fingerprint density at radius 3 is 2.22 bits per heavy atom. The van der Waals surface area contributed by atoms with Crippen molar-refractivity contribution in [3.05, 3.63) is 29.6 Å². The van der Waals surface area contributed by atoms with Gasteiger partial charge < -0.3 is 13.3 Å². The van der Waals surface area contributed by atoms with Gasteiger partial charge in [-0.25, -0.2) is 18.0 Å². The second-order valence-corrected chi connectivity index (χ2v) is 8.62. The van der Waals surface area contributed by atoms with Crippen molar-refractivity contribution in [2.24, 2.45) is 0 Å². The number of hydrogen-bond acceptors (Lipinski definition) is 4. The number of halogens is 5. The quantitative estimate of drug-likeness (QED) is 0.263. The normalized spacial score (nSPS) is 11.8. The zero-order valence-corrected chi connectivity index (χ0v) is 16.3. The zero-order valence-electron chi connectivity index (χ0n) is 15.3. The zero-order chi connectivity index (χ0) is 20.8. The van der Waals surface area contributed by atoms with Crippen molar-refractivity contribution in [1.29, 1.82) is 0 Å². The average molecular weight is 416 g/mol. The minimum absolute atomic E-state index is 0.0169. The van der Waals surface area contributed by atoms with Crippen LogP contribution in [0.2, 0.25) is 6.04 Å². The molecule has 0 fully saturated rings. The lowest BCUT2D eigenvalue weighted by Gasteiger charge is -2.28. The summed E-state index contributed by atoms with van der Waals surface area (Å²) >= 11 is 0. The van der Waals surface area contributed by atoms with Crippen LogP contribution < -0.4 is 5.12 Å². The molecule has 6 nitrogen and oxygen atoms in total. The van der Waals surface area contributed by atoms with Crippen LogP contribution in [0, 0.1) is 17.5 Å². The summed E-state index contributed by atoms with van der Waals surface area (Å²) in [5, 5.41) is -1.47. The van der Waals surface area contributed by atoms with E-state index < -0.39 is 54.8 Å². The molecule has 1 aromatic carbocycles. The largest absolute Gasteiger partial charge is 0.500 e. The van der Waals surface area contributed by atoms with E-state index in [0.29, 0.717) is 12.1 Å². The van der Waals surface area contributed by atoms with E-state index in [1.54, 1.807) is 13.8 Å². The van der Waals surface area contributed by atoms with Crippen molar-refractivity contribution < 1.29 is 40.2 Å². The van der Waals surface area contributed by atoms with Gasteiger partial charge in [0, 0.05) is 26.4 Å². The van der Waals surface area contributed by atoms with Gasteiger partial charge in [0.25, 0.3) is 0 Å². The van der Waals surface area contributed by atoms with Crippen LogP contribution in [0.3, 0.4) is 0 Å². The molecule has 0 aliphatic carbocycles. The summed E-state index contributed by atoms with van der Waals surface area (Å²) in [7, 11) is -0.352. The summed E-state index contributed by atoms with van der Waals surface area (Å²) in [6.07, 6.45) is -0.242. The maximum atomic E-state index is 13.9. The van der Waals surface area contributed by atoms with E-state index in [1.165, 1.54) is 14.2 Å². The standard InChI is InChI=1S/C15H21F5N2O4Si/c1-10(2)26-27(24-3,25-4)9-5-8-21(19)15(23)22(20)12-7-6-11(16)13(17)14(12)18/h6-7,10H,5,8-9H2,1-4H3. The summed E-state index contributed by atoms with van der Waals surface area (Å²) in [6.45, 7) is 2.91. The van der Waals surface area contributed by atoms with E-state index in [2.05, 4.69) is 0 Å². The smallest absolute Gasteiger partial charge is 0.377 e. The molecular formula is C15H21F5N2O4Si. The summed E-state index contributed by atoms with van der Waals surface area (Å²) in [5.74, 6) is -5.50. The molecule has 0 heterocycles. The fourth-order valence-corrected chi connectivity index (χ4v) is 4.39. The molecule has 0 aromatic heterocycles. The topological polar surface area (TPSA) is 51.2 Å². The average Bonchev–Trinajstić information content (AvgIpc) is 2.63. The molecule has 12 heteroatoms. The van der Waals surface area contributed by atoms with Crippen LogP contribution in [0.4, 0.5) is 32.6 Å². The van der Waals surface area contributed by atoms with Crippen LogP contribution in [0.15, 0.2) is 12.1 Å². The van der Waals surface area contributed by atoms with E-state index in [9.17, 15) is 26.9 Å². The van der Waals surface area contributed by atoms with Gasteiger partial charge in [-0.1, -0.05) is 8.96 Å². The Bertz CT molecular complexity index is 649. The maximum absolute atomic E-state index is 13.9. The molecule has 0 bridgehead atoms. The number of hydrogen-bond donors (Lipinski definition) is 0. The first-order valence-corrected chi connectivity index (χ1v) is 9.86.